The number of Topliss-reactive ketones (excluding diaryl/α,β-unsaturated/α-hetero) is 1. The van der Waals surface area contributed by atoms with Gasteiger partial charge in [-0.1, -0.05) is 48.5 Å². The Morgan fingerprint density at radius 3 is 2.63 bits per heavy atom. The van der Waals surface area contributed by atoms with Crippen molar-refractivity contribution in [1.82, 2.24) is 0 Å². The Balaban J connectivity index is 1.76. The summed E-state index contributed by atoms with van der Waals surface area (Å²) >= 11 is 1.75. The number of aryl methyl sites for hydroxylation is 1. The third-order valence-corrected chi connectivity index (χ3v) is 4.28. The molecule has 0 spiro atoms. The monoisotopic (exact) mass is 266 g/mol. The number of carbonyl (C=O) groups is 1. The highest BCUT2D eigenvalue weighted by Crippen LogP contribution is 2.25. The van der Waals surface area contributed by atoms with Crippen molar-refractivity contribution in [3.63, 3.8) is 0 Å². The van der Waals surface area contributed by atoms with Crippen LogP contribution in [-0.4, -0.2) is 5.78 Å². The quantitative estimate of drug-likeness (QED) is 0.625. The van der Waals surface area contributed by atoms with E-state index < -0.39 is 0 Å². The maximum atomic E-state index is 12.1. The lowest BCUT2D eigenvalue weighted by Gasteiger charge is -2.03. The number of rotatable bonds is 4. The van der Waals surface area contributed by atoms with E-state index in [4.69, 9.17) is 0 Å². The molecule has 1 aromatic heterocycles. The van der Waals surface area contributed by atoms with Gasteiger partial charge in [0.15, 0.2) is 5.78 Å². The average molecular weight is 266 g/mol. The summed E-state index contributed by atoms with van der Waals surface area (Å²) < 4.78 is 1.31. The number of hydrogen-bond acceptors (Lipinski definition) is 2. The van der Waals surface area contributed by atoms with Gasteiger partial charge in [-0.3, -0.25) is 4.79 Å². The molecule has 1 nitrogen and oxygen atoms in total. The van der Waals surface area contributed by atoms with E-state index in [1.807, 2.05) is 30.3 Å². The molecule has 3 aromatic rings. The summed E-state index contributed by atoms with van der Waals surface area (Å²) in [4.78, 5) is 12.1. The van der Waals surface area contributed by atoms with Crippen LogP contribution in [0.5, 0.6) is 0 Å². The highest BCUT2D eigenvalue weighted by Gasteiger charge is 2.07. The molecule has 0 aliphatic heterocycles. The minimum atomic E-state index is 0.217. The Labute approximate surface area is 116 Å². The number of hydrogen-bond donors (Lipinski definition) is 0. The summed E-state index contributed by atoms with van der Waals surface area (Å²) in [5.74, 6) is 0.217. The zero-order chi connectivity index (χ0) is 13.1. The molecule has 0 atom stereocenters. The molecule has 3 rings (SSSR count). The van der Waals surface area contributed by atoms with E-state index in [2.05, 4.69) is 29.6 Å². The Morgan fingerprint density at radius 2 is 1.79 bits per heavy atom. The first-order valence-corrected chi connectivity index (χ1v) is 7.26. The molecule has 0 N–H and O–H groups in total. The van der Waals surface area contributed by atoms with Gasteiger partial charge in [0, 0.05) is 16.7 Å². The van der Waals surface area contributed by atoms with E-state index in [1.54, 1.807) is 11.3 Å². The molecule has 2 heteroatoms. The maximum absolute atomic E-state index is 12.1. The Kier molecular flexibility index (Phi) is 3.43. The van der Waals surface area contributed by atoms with Crippen LogP contribution < -0.4 is 0 Å². The molecule has 0 saturated heterocycles. The van der Waals surface area contributed by atoms with Crippen molar-refractivity contribution in [2.75, 3.05) is 0 Å². The second-order valence-corrected chi connectivity index (χ2v) is 5.46. The van der Waals surface area contributed by atoms with Crippen molar-refractivity contribution in [2.45, 2.75) is 12.8 Å². The van der Waals surface area contributed by atoms with Gasteiger partial charge in [-0.05, 0) is 28.8 Å². The maximum Gasteiger partial charge on any atom is 0.163 e. The van der Waals surface area contributed by atoms with Crippen LogP contribution in [0, 0.1) is 0 Å². The summed E-state index contributed by atoms with van der Waals surface area (Å²) in [6.45, 7) is 0. The number of fused-ring (bicyclic) bond motifs is 1. The van der Waals surface area contributed by atoms with Gasteiger partial charge in [0.05, 0.1) is 0 Å². The molecular weight excluding hydrogens is 252 g/mol. The first kappa shape index (κ1) is 12.1. The highest BCUT2D eigenvalue weighted by atomic mass is 32.1. The zero-order valence-corrected chi connectivity index (χ0v) is 11.3. The van der Waals surface area contributed by atoms with Gasteiger partial charge >= 0.3 is 0 Å². The molecule has 94 valence electrons. The van der Waals surface area contributed by atoms with E-state index in [1.165, 1.54) is 15.6 Å². The van der Waals surface area contributed by atoms with Gasteiger partial charge in [-0.2, -0.15) is 0 Å². The van der Waals surface area contributed by atoms with Crippen molar-refractivity contribution >= 4 is 27.2 Å². The zero-order valence-electron chi connectivity index (χ0n) is 10.5. The first-order valence-electron chi connectivity index (χ1n) is 6.38. The summed E-state index contributed by atoms with van der Waals surface area (Å²) in [6, 6.07) is 18.0. The second kappa shape index (κ2) is 5.37. The lowest BCUT2D eigenvalue weighted by atomic mass is 10.0. The van der Waals surface area contributed by atoms with Gasteiger partial charge in [-0.25, -0.2) is 0 Å². The third kappa shape index (κ3) is 2.59. The fourth-order valence-electron chi connectivity index (χ4n) is 2.27. The molecule has 0 saturated carbocycles. The minimum Gasteiger partial charge on any atom is -0.294 e. The third-order valence-electron chi connectivity index (χ3n) is 3.28. The van der Waals surface area contributed by atoms with Crippen LogP contribution in [0.2, 0.25) is 0 Å². The first-order chi connectivity index (χ1) is 9.34. The molecule has 0 aliphatic rings. The molecular formula is C17H14OS. The molecule has 0 fully saturated rings. The van der Waals surface area contributed by atoms with Gasteiger partial charge in [0.25, 0.3) is 0 Å². The largest absolute Gasteiger partial charge is 0.294 e. The van der Waals surface area contributed by atoms with Crippen LogP contribution in [0.15, 0.2) is 60.0 Å². The van der Waals surface area contributed by atoms with Gasteiger partial charge in [-0.15, -0.1) is 11.3 Å². The van der Waals surface area contributed by atoms with Crippen LogP contribution in [0.25, 0.3) is 10.1 Å². The lowest BCUT2D eigenvalue weighted by Crippen LogP contribution is -2.00. The Morgan fingerprint density at radius 1 is 0.947 bits per heavy atom. The molecule has 0 aliphatic carbocycles. The van der Waals surface area contributed by atoms with E-state index in [-0.39, 0.29) is 5.78 Å². The van der Waals surface area contributed by atoms with Crippen molar-refractivity contribution in [1.29, 1.82) is 0 Å². The SMILES string of the molecule is O=C(CCc1cccc2ccsc12)c1ccccc1. The molecule has 19 heavy (non-hydrogen) atoms. The summed E-state index contributed by atoms with van der Waals surface area (Å²) in [6.07, 6.45) is 1.38. The number of carbonyl (C=O) groups excluding carboxylic acids is 1. The summed E-state index contributed by atoms with van der Waals surface area (Å²) in [5, 5.41) is 3.38. The molecule has 0 unspecified atom stereocenters. The molecule has 1 heterocycles. The average Bonchev–Trinajstić information content (AvgIpc) is 2.94. The Bertz CT molecular complexity index is 697. The Hall–Kier alpha value is -1.93. The van der Waals surface area contributed by atoms with Crippen molar-refractivity contribution in [3.05, 3.63) is 71.1 Å². The normalized spacial score (nSPS) is 10.7. The summed E-state index contributed by atoms with van der Waals surface area (Å²) in [7, 11) is 0. The van der Waals surface area contributed by atoms with E-state index in [0.717, 1.165) is 12.0 Å². The van der Waals surface area contributed by atoms with Crippen LogP contribution in [0.4, 0.5) is 0 Å². The van der Waals surface area contributed by atoms with E-state index >= 15 is 0 Å². The fraction of sp³-hybridized carbons (Fsp3) is 0.118. The molecule has 0 bridgehead atoms. The minimum absolute atomic E-state index is 0.217. The smallest absolute Gasteiger partial charge is 0.163 e. The van der Waals surface area contributed by atoms with Gasteiger partial charge in [0.1, 0.15) is 0 Å². The summed E-state index contributed by atoms with van der Waals surface area (Å²) in [5.41, 5.74) is 2.08. The van der Waals surface area contributed by atoms with Gasteiger partial charge in [0.2, 0.25) is 0 Å². The second-order valence-electron chi connectivity index (χ2n) is 4.55. The number of benzene rings is 2. The predicted molar refractivity (Wildman–Crippen MR) is 80.9 cm³/mol. The molecule has 0 amide bonds. The molecule has 2 aromatic carbocycles. The van der Waals surface area contributed by atoms with Crippen LogP contribution in [0.1, 0.15) is 22.3 Å². The topological polar surface area (TPSA) is 17.1 Å². The van der Waals surface area contributed by atoms with Crippen LogP contribution in [0.3, 0.4) is 0 Å². The highest BCUT2D eigenvalue weighted by molar-refractivity contribution is 7.17. The van der Waals surface area contributed by atoms with Crippen LogP contribution in [-0.2, 0) is 6.42 Å². The number of thiophene rings is 1. The van der Waals surface area contributed by atoms with Gasteiger partial charge < -0.3 is 0 Å². The fourth-order valence-corrected chi connectivity index (χ4v) is 3.21. The van der Waals surface area contributed by atoms with Crippen molar-refractivity contribution in [2.24, 2.45) is 0 Å². The van der Waals surface area contributed by atoms with E-state index in [0.29, 0.717) is 6.42 Å². The predicted octanol–water partition coefficient (Wildman–Crippen LogP) is 4.72. The standard InChI is InChI=1S/C17H14OS/c18-16(13-5-2-1-3-6-13)10-9-14-7-4-8-15-11-12-19-17(14)15/h1-8,11-12H,9-10H2. The molecule has 0 radical (unpaired) electrons. The van der Waals surface area contributed by atoms with Crippen LogP contribution >= 0.6 is 11.3 Å². The van der Waals surface area contributed by atoms with Crippen molar-refractivity contribution in [3.8, 4) is 0 Å². The lowest BCUT2D eigenvalue weighted by molar-refractivity contribution is 0.0983. The number of ketones is 1. The van der Waals surface area contributed by atoms with Crippen molar-refractivity contribution < 1.29 is 4.79 Å². The van der Waals surface area contributed by atoms with E-state index in [9.17, 15) is 4.79 Å².